The number of pyridine rings is 1. The lowest BCUT2D eigenvalue weighted by Crippen LogP contribution is -1.84. The molecule has 0 aliphatic rings. The minimum atomic E-state index is 0.518. The van der Waals surface area contributed by atoms with Gasteiger partial charge in [0, 0.05) is 29.1 Å². The lowest BCUT2D eigenvalue weighted by atomic mass is 10.3. The van der Waals surface area contributed by atoms with Crippen molar-refractivity contribution >= 4 is 23.1 Å². The van der Waals surface area contributed by atoms with Crippen molar-refractivity contribution in [3.8, 4) is 11.5 Å². The molecule has 21 heavy (non-hydrogen) atoms. The molecule has 5 nitrogen and oxygen atoms in total. The summed E-state index contributed by atoms with van der Waals surface area (Å²) in [6.07, 6.45) is 5.58. The van der Waals surface area contributed by atoms with Gasteiger partial charge in [-0.3, -0.25) is 4.98 Å². The van der Waals surface area contributed by atoms with E-state index in [1.807, 2.05) is 12.1 Å². The molecule has 0 bridgehead atoms. The second kappa shape index (κ2) is 6.82. The highest BCUT2D eigenvalue weighted by Crippen LogP contribution is 2.26. The molecule has 0 amide bonds. The van der Waals surface area contributed by atoms with E-state index in [4.69, 9.17) is 4.42 Å². The van der Waals surface area contributed by atoms with Crippen molar-refractivity contribution in [2.75, 3.05) is 0 Å². The molecule has 0 aliphatic heterocycles. The van der Waals surface area contributed by atoms with Crippen molar-refractivity contribution in [2.24, 2.45) is 0 Å². The fraction of sp³-hybridized carbons (Fsp3) is 0.286. The van der Waals surface area contributed by atoms with Crippen LogP contribution in [0.2, 0.25) is 0 Å². The summed E-state index contributed by atoms with van der Waals surface area (Å²) < 4.78 is 5.63. The summed E-state index contributed by atoms with van der Waals surface area (Å²) in [4.78, 5) is 8.55. The standard InChI is InChI=1S/C14H14N4OS2/c1-2-3-12-16-11(8-20-12)9-21-14-18-17-13(19-14)10-4-6-15-7-5-10/h4-8H,2-3,9H2,1H3. The SMILES string of the molecule is CCCc1nc(CSc2nnc(-c3ccncc3)o2)cs1. The zero-order valence-corrected chi connectivity index (χ0v) is 13.2. The number of aromatic nitrogens is 4. The molecule has 3 aromatic rings. The summed E-state index contributed by atoms with van der Waals surface area (Å²) in [6, 6.07) is 3.69. The summed E-state index contributed by atoms with van der Waals surface area (Å²) in [5, 5.41) is 12.0. The molecule has 108 valence electrons. The van der Waals surface area contributed by atoms with Crippen molar-refractivity contribution in [1.82, 2.24) is 20.2 Å². The fourth-order valence-electron chi connectivity index (χ4n) is 1.76. The molecule has 0 aliphatic carbocycles. The highest BCUT2D eigenvalue weighted by Gasteiger charge is 2.10. The first-order valence-corrected chi connectivity index (χ1v) is 8.51. The maximum absolute atomic E-state index is 5.63. The van der Waals surface area contributed by atoms with Crippen LogP contribution >= 0.6 is 23.1 Å². The molecule has 0 radical (unpaired) electrons. The molecule has 3 heterocycles. The highest BCUT2D eigenvalue weighted by atomic mass is 32.2. The average Bonchev–Trinajstić information content (AvgIpc) is 3.16. The number of nitrogens with zero attached hydrogens (tertiary/aromatic N) is 4. The van der Waals surface area contributed by atoms with Crippen molar-refractivity contribution < 1.29 is 4.42 Å². The van der Waals surface area contributed by atoms with Gasteiger partial charge in [-0.05, 0) is 25.0 Å². The summed E-state index contributed by atoms with van der Waals surface area (Å²) in [5.74, 6) is 1.27. The van der Waals surface area contributed by atoms with Gasteiger partial charge in [-0.1, -0.05) is 18.7 Å². The maximum atomic E-state index is 5.63. The van der Waals surface area contributed by atoms with E-state index < -0.39 is 0 Å². The Morgan fingerprint density at radius 3 is 2.90 bits per heavy atom. The fourth-order valence-corrected chi connectivity index (χ4v) is 3.42. The van der Waals surface area contributed by atoms with Crippen molar-refractivity contribution in [3.05, 3.63) is 40.6 Å². The Labute approximate surface area is 130 Å². The van der Waals surface area contributed by atoms with Gasteiger partial charge in [0.2, 0.25) is 5.89 Å². The van der Waals surface area contributed by atoms with Crippen LogP contribution in [0, 0.1) is 0 Å². The molecule has 0 saturated heterocycles. The molecule has 0 fully saturated rings. The van der Waals surface area contributed by atoms with Crippen LogP contribution in [0.15, 0.2) is 39.5 Å². The molecular weight excluding hydrogens is 304 g/mol. The van der Waals surface area contributed by atoms with E-state index in [1.54, 1.807) is 23.7 Å². The van der Waals surface area contributed by atoms with Gasteiger partial charge in [0.05, 0.1) is 10.7 Å². The quantitative estimate of drug-likeness (QED) is 0.644. The summed E-state index contributed by atoms with van der Waals surface area (Å²) in [7, 11) is 0. The number of hydrogen-bond donors (Lipinski definition) is 0. The Morgan fingerprint density at radius 1 is 1.24 bits per heavy atom. The number of aryl methyl sites for hydroxylation is 1. The molecule has 0 atom stereocenters. The smallest absolute Gasteiger partial charge is 0.277 e. The van der Waals surface area contributed by atoms with Crippen molar-refractivity contribution in [2.45, 2.75) is 30.7 Å². The molecule has 0 unspecified atom stereocenters. The first-order valence-electron chi connectivity index (χ1n) is 6.65. The third-order valence-corrected chi connectivity index (χ3v) is 4.55. The predicted octanol–water partition coefficient (Wildman–Crippen LogP) is 3.83. The largest absolute Gasteiger partial charge is 0.411 e. The van der Waals surface area contributed by atoms with Gasteiger partial charge in [-0.2, -0.15) is 0 Å². The molecule has 0 saturated carbocycles. The molecular formula is C14H14N4OS2. The minimum Gasteiger partial charge on any atom is -0.411 e. The van der Waals surface area contributed by atoms with E-state index in [9.17, 15) is 0 Å². The molecule has 0 aromatic carbocycles. The molecule has 7 heteroatoms. The lowest BCUT2D eigenvalue weighted by molar-refractivity contribution is 0.465. The van der Waals surface area contributed by atoms with E-state index in [-0.39, 0.29) is 0 Å². The molecule has 3 rings (SSSR count). The summed E-state index contributed by atoms with van der Waals surface area (Å²) >= 11 is 3.22. The predicted molar refractivity (Wildman–Crippen MR) is 83.2 cm³/mol. The van der Waals surface area contributed by atoms with Gasteiger partial charge in [0.25, 0.3) is 5.22 Å². The Bertz CT molecular complexity index is 696. The number of thioether (sulfide) groups is 1. The Hall–Kier alpha value is -1.73. The van der Waals surface area contributed by atoms with Gasteiger partial charge in [0.15, 0.2) is 0 Å². The van der Waals surface area contributed by atoms with Crippen LogP contribution in [0.3, 0.4) is 0 Å². The first-order chi connectivity index (χ1) is 10.3. The number of hydrogen-bond acceptors (Lipinski definition) is 7. The van der Waals surface area contributed by atoms with Gasteiger partial charge < -0.3 is 4.42 Å². The van der Waals surface area contributed by atoms with Crippen LogP contribution in [0.4, 0.5) is 0 Å². The Balaban J connectivity index is 1.62. The van der Waals surface area contributed by atoms with Crippen LogP contribution in [0.1, 0.15) is 24.0 Å². The third kappa shape index (κ3) is 3.68. The van der Waals surface area contributed by atoms with Crippen LogP contribution in [0.5, 0.6) is 0 Å². The van der Waals surface area contributed by atoms with Gasteiger partial charge in [-0.25, -0.2) is 4.98 Å². The first kappa shape index (κ1) is 14.2. The third-order valence-electron chi connectivity index (χ3n) is 2.74. The van der Waals surface area contributed by atoms with Crippen LogP contribution in [-0.4, -0.2) is 20.2 Å². The second-order valence-corrected chi connectivity index (χ2v) is 6.25. The lowest BCUT2D eigenvalue weighted by Gasteiger charge is -1.93. The topological polar surface area (TPSA) is 64.7 Å². The monoisotopic (exact) mass is 318 g/mol. The summed E-state index contributed by atoms with van der Waals surface area (Å²) in [5.41, 5.74) is 1.94. The second-order valence-electron chi connectivity index (χ2n) is 4.38. The maximum Gasteiger partial charge on any atom is 0.277 e. The van der Waals surface area contributed by atoms with E-state index in [2.05, 4.69) is 32.5 Å². The summed E-state index contributed by atoms with van der Waals surface area (Å²) in [6.45, 7) is 2.16. The Morgan fingerprint density at radius 2 is 2.10 bits per heavy atom. The zero-order chi connectivity index (χ0) is 14.5. The van der Waals surface area contributed by atoms with E-state index in [1.165, 1.54) is 16.8 Å². The van der Waals surface area contributed by atoms with E-state index in [0.29, 0.717) is 11.1 Å². The van der Waals surface area contributed by atoms with Gasteiger partial charge in [-0.15, -0.1) is 21.5 Å². The number of rotatable bonds is 6. The molecule has 3 aromatic heterocycles. The van der Waals surface area contributed by atoms with Gasteiger partial charge >= 0.3 is 0 Å². The zero-order valence-electron chi connectivity index (χ0n) is 11.5. The Kier molecular flexibility index (Phi) is 4.62. The van der Waals surface area contributed by atoms with Crippen LogP contribution in [-0.2, 0) is 12.2 Å². The van der Waals surface area contributed by atoms with Gasteiger partial charge in [0.1, 0.15) is 0 Å². The van der Waals surface area contributed by atoms with E-state index >= 15 is 0 Å². The molecule has 0 spiro atoms. The van der Waals surface area contributed by atoms with Crippen molar-refractivity contribution in [3.63, 3.8) is 0 Å². The minimum absolute atomic E-state index is 0.518. The normalized spacial score (nSPS) is 10.9. The van der Waals surface area contributed by atoms with E-state index in [0.717, 1.165) is 29.9 Å². The van der Waals surface area contributed by atoms with Crippen LogP contribution in [0.25, 0.3) is 11.5 Å². The van der Waals surface area contributed by atoms with Crippen molar-refractivity contribution in [1.29, 1.82) is 0 Å². The highest BCUT2D eigenvalue weighted by molar-refractivity contribution is 7.98. The average molecular weight is 318 g/mol. The number of thiazole rings is 1. The van der Waals surface area contributed by atoms with Crippen LogP contribution < -0.4 is 0 Å². The molecule has 0 N–H and O–H groups in total.